The van der Waals surface area contributed by atoms with Crippen molar-refractivity contribution >= 4 is 28.9 Å². The van der Waals surface area contributed by atoms with E-state index in [2.05, 4.69) is 0 Å². The summed E-state index contributed by atoms with van der Waals surface area (Å²) in [7, 11) is 1.55. The van der Waals surface area contributed by atoms with Crippen LogP contribution >= 0.6 is 11.3 Å². The molecule has 0 spiro atoms. The molecule has 7 nitrogen and oxygen atoms in total. The predicted octanol–water partition coefficient (Wildman–Crippen LogP) is 3.92. The first kappa shape index (κ1) is 20.7. The van der Waals surface area contributed by atoms with E-state index in [1.54, 1.807) is 65.8 Å². The van der Waals surface area contributed by atoms with Crippen molar-refractivity contribution < 1.29 is 28.5 Å². The molecule has 31 heavy (non-hydrogen) atoms. The maximum atomic E-state index is 13.0. The molecule has 0 saturated heterocycles. The molecule has 0 saturated carbocycles. The number of hydrogen-bond acceptors (Lipinski definition) is 7. The number of nitrogens with zero attached hydrogens (tertiary/aromatic N) is 1. The van der Waals surface area contributed by atoms with Crippen molar-refractivity contribution in [2.24, 2.45) is 0 Å². The zero-order valence-corrected chi connectivity index (χ0v) is 17.7. The van der Waals surface area contributed by atoms with Gasteiger partial charge in [0.25, 0.3) is 5.91 Å². The molecule has 1 aliphatic heterocycles. The average molecular weight is 439 g/mol. The fourth-order valence-corrected chi connectivity index (χ4v) is 3.79. The van der Waals surface area contributed by atoms with E-state index in [1.807, 2.05) is 17.5 Å². The number of thiophene rings is 1. The molecule has 8 heteroatoms. The molecule has 4 rings (SSSR count). The van der Waals surface area contributed by atoms with E-state index in [4.69, 9.17) is 18.9 Å². The minimum absolute atomic E-state index is 0.341. The van der Waals surface area contributed by atoms with Crippen LogP contribution in [0.15, 0.2) is 60.0 Å². The summed E-state index contributed by atoms with van der Waals surface area (Å²) in [6, 6.07) is 15.7. The van der Waals surface area contributed by atoms with Crippen molar-refractivity contribution in [1.29, 1.82) is 0 Å². The minimum atomic E-state index is -0.575. The molecule has 0 unspecified atom stereocenters. The summed E-state index contributed by atoms with van der Waals surface area (Å²) in [5, 5.41) is 1.95. The Hall–Kier alpha value is -3.52. The van der Waals surface area contributed by atoms with Crippen LogP contribution in [0.25, 0.3) is 0 Å². The Bertz CT molecular complexity index is 1050. The Kier molecular flexibility index (Phi) is 6.37. The van der Waals surface area contributed by atoms with Crippen molar-refractivity contribution in [3.63, 3.8) is 0 Å². The summed E-state index contributed by atoms with van der Waals surface area (Å²) in [6.45, 7) is 0.918. The van der Waals surface area contributed by atoms with Crippen molar-refractivity contribution in [3.8, 4) is 17.2 Å². The molecular formula is C23H21NO6S. The van der Waals surface area contributed by atoms with Gasteiger partial charge >= 0.3 is 5.97 Å². The van der Waals surface area contributed by atoms with Crippen LogP contribution in [0.5, 0.6) is 17.2 Å². The first-order valence-corrected chi connectivity index (χ1v) is 10.6. The molecule has 0 bridgehead atoms. The van der Waals surface area contributed by atoms with E-state index in [-0.39, 0.29) is 12.5 Å². The van der Waals surface area contributed by atoms with Crippen LogP contribution in [0.3, 0.4) is 0 Å². The second-order valence-electron chi connectivity index (χ2n) is 6.69. The highest BCUT2D eigenvalue weighted by atomic mass is 32.1. The third-order valence-corrected chi connectivity index (χ3v) is 5.55. The van der Waals surface area contributed by atoms with Crippen molar-refractivity contribution in [3.05, 3.63) is 70.4 Å². The number of anilines is 1. The molecule has 3 aromatic rings. The number of carbonyl (C=O) groups excluding carboxylic acids is 2. The Morgan fingerprint density at radius 2 is 1.81 bits per heavy atom. The van der Waals surface area contributed by atoms with Gasteiger partial charge in [-0.25, -0.2) is 4.79 Å². The normalized spacial score (nSPS) is 12.2. The van der Waals surface area contributed by atoms with Crippen LogP contribution in [-0.4, -0.2) is 38.8 Å². The molecule has 0 N–H and O–H groups in total. The van der Waals surface area contributed by atoms with Crippen LogP contribution < -0.4 is 19.1 Å². The van der Waals surface area contributed by atoms with Gasteiger partial charge in [-0.2, -0.15) is 0 Å². The van der Waals surface area contributed by atoms with Crippen molar-refractivity contribution in [2.45, 2.75) is 6.54 Å². The van der Waals surface area contributed by atoms with E-state index in [0.717, 1.165) is 4.88 Å². The van der Waals surface area contributed by atoms with E-state index < -0.39 is 5.97 Å². The number of rotatable bonds is 7. The third kappa shape index (κ3) is 4.97. The summed E-state index contributed by atoms with van der Waals surface area (Å²) in [6.07, 6.45) is 0. The lowest BCUT2D eigenvalue weighted by atomic mass is 10.2. The second-order valence-corrected chi connectivity index (χ2v) is 7.72. The van der Waals surface area contributed by atoms with Crippen LogP contribution in [0.4, 0.5) is 5.69 Å². The Morgan fingerprint density at radius 3 is 2.52 bits per heavy atom. The molecule has 0 aliphatic carbocycles. The molecule has 0 fully saturated rings. The molecule has 2 heterocycles. The van der Waals surface area contributed by atoms with Gasteiger partial charge in [0.15, 0.2) is 18.1 Å². The lowest BCUT2D eigenvalue weighted by molar-refractivity contribution is -0.121. The van der Waals surface area contributed by atoms with Gasteiger partial charge in [-0.1, -0.05) is 6.07 Å². The Labute approximate surface area is 183 Å². The zero-order chi connectivity index (χ0) is 21.6. The Morgan fingerprint density at radius 1 is 1.03 bits per heavy atom. The Balaban J connectivity index is 1.49. The molecular weight excluding hydrogens is 418 g/mol. The number of fused-ring (bicyclic) bond motifs is 1. The number of hydrogen-bond donors (Lipinski definition) is 0. The molecule has 1 aliphatic rings. The van der Waals surface area contributed by atoms with Gasteiger partial charge in [-0.15, -0.1) is 11.3 Å². The maximum Gasteiger partial charge on any atom is 0.338 e. The van der Waals surface area contributed by atoms with E-state index in [0.29, 0.717) is 48.3 Å². The smallest absolute Gasteiger partial charge is 0.338 e. The number of benzene rings is 2. The topological polar surface area (TPSA) is 74.3 Å². The zero-order valence-electron chi connectivity index (χ0n) is 16.9. The minimum Gasteiger partial charge on any atom is -0.497 e. The van der Waals surface area contributed by atoms with E-state index in [9.17, 15) is 9.59 Å². The van der Waals surface area contributed by atoms with E-state index in [1.165, 1.54) is 0 Å². The van der Waals surface area contributed by atoms with E-state index >= 15 is 0 Å². The van der Waals surface area contributed by atoms with Crippen LogP contribution in [-0.2, 0) is 16.1 Å². The molecule has 0 atom stereocenters. The van der Waals surface area contributed by atoms with Gasteiger partial charge in [-0.05, 0) is 47.8 Å². The van der Waals surface area contributed by atoms with Crippen molar-refractivity contribution in [1.82, 2.24) is 0 Å². The quantitative estimate of drug-likeness (QED) is 0.520. The largest absolute Gasteiger partial charge is 0.497 e. The van der Waals surface area contributed by atoms with Crippen molar-refractivity contribution in [2.75, 3.05) is 31.8 Å². The molecule has 0 radical (unpaired) electrons. The summed E-state index contributed by atoms with van der Waals surface area (Å²) < 4.78 is 21.6. The monoisotopic (exact) mass is 439 g/mol. The first-order valence-electron chi connectivity index (χ1n) is 9.67. The number of carbonyl (C=O) groups is 2. The number of esters is 1. The summed E-state index contributed by atoms with van der Waals surface area (Å²) in [5.41, 5.74) is 0.987. The standard InChI is InChI=1S/C23H21NO6S/c1-27-18-7-4-16(5-8-18)23(26)30-15-22(25)24(14-19-3-2-12-31-19)17-6-9-20-21(13-17)29-11-10-28-20/h2-9,12-13H,10-11,14-15H2,1H3. The van der Waals surface area contributed by atoms with Gasteiger partial charge in [-0.3, -0.25) is 4.79 Å². The first-order chi connectivity index (χ1) is 15.1. The van der Waals surface area contributed by atoms with Crippen LogP contribution in [0.2, 0.25) is 0 Å². The van der Waals surface area contributed by atoms with Crippen LogP contribution in [0, 0.1) is 0 Å². The average Bonchev–Trinajstić information content (AvgIpc) is 3.34. The summed E-state index contributed by atoms with van der Waals surface area (Å²) >= 11 is 1.55. The lowest BCUT2D eigenvalue weighted by Crippen LogP contribution is -2.34. The highest BCUT2D eigenvalue weighted by molar-refractivity contribution is 7.09. The van der Waals surface area contributed by atoms with Gasteiger partial charge in [0.2, 0.25) is 0 Å². The molecule has 1 aromatic heterocycles. The van der Waals surface area contributed by atoms with Gasteiger partial charge in [0, 0.05) is 16.6 Å². The SMILES string of the molecule is COc1ccc(C(=O)OCC(=O)N(Cc2cccs2)c2ccc3c(c2)OCCO3)cc1. The van der Waals surface area contributed by atoms with Gasteiger partial charge in [0.1, 0.15) is 19.0 Å². The lowest BCUT2D eigenvalue weighted by Gasteiger charge is -2.25. The molecule has 2 aromatic carbocycles. The second kappa shape index (κ2) is 9.53. The number of amides is 1. The fourth-order valence-electron chi connectivity index (χ4n) is 3.10. The maximum absolute atomic E-state index is 13.0. The highest BCUT2D eigenvalue weighted by Crippen LogP contribution is 2.34. The predicted molar refractivity (Wildman–Crippen MR) is 116 cm³/mol. The van der Waals surface area contributed by atoms with Gasteiger partial charge < -0.3 is 23.8 Å². The van der Waals surface area contributed by atoms with Crippen LogP contribution in [0.1, 0.15) is 15.2 Å². The third-order valence-electron chi connectivity index (χ3n) is 4.68. The highest BCUT2D eigenvalue weighted by Gasteiger charge is 2.22. The number of ether oxygens (including phenoxy) is 4. The number of methoxy groups -OCH3 is 1. The molecule has 1 amide bonds. The summed E-state index contributed by atoms with van der Waals surface area (Å²) in [4.78, 5) is 28.0. The summed E-state index contributed by atoms with van der Waals surface area (Å²) in [5.74, 6) is 0.946. The van der Waals surface area contributed by atoms with Gasteiger partial charge in [0.05, 0.1) is 19.2 Å². The molecule has 160 valence electrons. The fraction of sp³-hybridized carbons (Fsp3) is 0.217.